The number of likely N-dealkylation sites (tertiary alicyclic amines) is 1. The number of ether oxygens (including phenoxy) is 1. The van der Waals surface area contributed by atoms with Gasteiger partial charge in [0.05, 0.1) is 32.6 Å². The van der Waals surface area contributed by atoms with Gasteiger partial charge in [-0.1, -0.05) is 0 Å². The minimum absolute atomic E-state index is 0.0744. The van der Waals surface area contributed by atoms with Crippen LogP contribution in [0.25, 0.3) is 0 Å². The molecule has 1 amide bonds. The number of rotatable bonds is 4. The van der Waals surface area contributed by atoms with Gasteiger partial charge in [-0.05, 0) is 31.5 Å². The highest BCUT2D eigenvalue weighted by Gasteiger charge is 2.39. The number of piperidine rings is 1. The number of hydrogen-bond donors (Lipinski definition) is 1. The van der Waals surface area contributed by atoms with Crippen molar-refractivity contribution in [3.05, 3.63) is 24.2 Å². The Labute approximate surface area is 137 Å². The number of nitrogens with zero attached hydrogens (tertiary/aromatic N) is 2. The number of carbonyl (C=O) groups is 1. The first kappa shape index (κ1) is 16.5. The summed E-state index contributed by atoms with van der Waals surface area (Å²) in [4.78, 5) is 16.4. The van der Waals surface area contributed by atoms with Crippen molar-refractivity contribution in [2.24, 2.45) is 5.41 Å². The fraction of sp³-hybridized carbons (Fsp3) is 0.706. The van der Waals surface area contributed by atoms with E-state index in [1.54, 1.807) is 13.3 Å². The topological polar surface area (TPSA) is 58.0 Å². The Bertz CT molecular complexity index is 505. The molecule has 0 bridgehead atoms. The quantitative estimate of drug-likeness (QED) is 0.894. The molecule has 6 heteroatoms. The van der Waals surface area contributed by atoms with Gasteiger partial charge in [0.2, 0.25) is 5.91 Å². The zero-order chi connectivity index (χ0) is 16.1. The summed E-state index contributed by atoms with van der Waals surface area (Å²) in [7, 11) is 1.69. The van der Waals surface area contributed by atoms with Crippen molar-refractivity contribution in [1.29, 1.82) is 0 Å². The molecule has 0 aromatic carbocycles. The molecular weight excluding hydrogens is 294 g/mol. The summed E-state index contributed by atoms with van der Waals surface area (Å²) in [5, 5.41) is 2.72. The van der Waals surface area contributed by atoms with Crippen molar-refractivity contribution in [3.8, 4) is 0 Å². The van der Waals surface area contributed by atoms with Crippen molar-refractivity contribution in [2.75, 3.05) is 53.0 Å². The molecule has 0 saturated carbocycles. The Morgan fingerprint density at radius 3 is 3.00 bits per heavy atom. The molecule has 128 valence electrons. The molecule has 2 aliphatic rings. The van der Waals surface area contributed by atoms with Crippen LogP contribution < -0.4 is 5.32 Å². The zero-order valence-corrected chi connectivity index (χ0v) is 13.9. The molecular formula is C17H27N3O3. The molecule has 2 fully saturated rings. The molecule has 3 rings (SSSR count). The van der Waals surface area contributed by atoms with Gasteiger partial charge < -0.3 is 14.5 Å². The number of likely N-dealkylation sites (N-methyl/N-ethyl adjacent to an activating group) is 1. The summed E-state index contributed by atoms with van der Waals surface area (Å²) >= 11 is 0. The van der Waals surface area contributed by atoms with E-state index < -0.39 is 0 Å². The van der Waals surface area contributed by atoms with Crippen LogP contribution in [0, 0.1) is 5.41 Å². The first-order chi connectivity index (χ1) is 11.2. The summed E-state index contributed by atoms with van der Waals surface area (Å²) in [6.45, 7) is 6.64. The smallest absolute Gasteiger partial charge is 0.233 e. The predicted octanol–water partition coefficient (Wildman–Crippen LogP) is 0.940. The zero-order valence-electron chi connectivity index (χ0n) is 13.9. The number of nitrogens with one attached hydrogen (secondary N) is 1. The predicted molar refractivity (Wildman–Crippen MR) is 87.0 cm³/mol. The van der Waals surface area contributed by atoms with Crippen molar-refractivity contribution in [1.82, 2.24) is 15.1 Å². The van der Waals surface area contributed by atoms with E-state index in [1.807, 2.05) is 12.1 Å². The molecule has 1 aromatic heterocycles. The van der Waals surface area contributed by atoms with E-state index in [4.69, 9.17) is 9.15 Å². The Kier molecular flexibility index (Phi) is 5.35. The van der Waals surface area contributed by atoms with E-state index in [0.29, 0.717) is 13.2 Å². The van der Waals surface area contributed by atoms with Crippen LogP contribution in [0.4, 0.5) is 0 Å². The molecule has 2 aliphatic heterocycles. The number of amides is 1. The highest BCUT2D eigenvalue weighted by Crippen LogP contribution is 2.33. The Morgan fingerprint density at radius 1 is 1.35 bits per heavy atom. The summed E-state index contributed by atoms with van der Waals surface area (Å²) < 4.78 is 11.4. The third kappa shape index (κ3) is 4.34. The van der Waals surface area contributed by atoms with E-state index in [1.165, 1.54) is 0 Å². The second-order valence-corrected chi connectivity index (χ2v) is 6.83. The van der Waals surface area contributed by atoms with E-state index in [0.717, 1.165) is 57.9 Å². The number of hydrogen-bond acceptors (Lipinski definition) is 5. The van der Waals surface area contributed by atoms with Gasteiger partial charge in [-0.15, -0.1) is 0 Å². The lowest BCUT2D eigenvalue weighted by atomic mass is 9.80. The van der Waals surface area contributed by atoms with Crippen molar-refractivity contribution >= 4 is 5.91 Å². The molecule has 1 atom stereocenters. The van der Waals surface area contributed by atoms with Crippen LogP contribution in [0.1, 0.15) is 18.6 Å². The molecule has 1 aromatic rings. The molecule has 6 nitrogen and oxygen atoms in total. The van der Waals surface area contributed by atoms with E-state index in [2.05, 4.69) is 15.1 Å². The maximum Gasteiger partial charge on any atom is 0.233 e. The van der Waals surface area contributed by atoms with Gasteiger partial charge in [-0.3, -0.25) is 14.6 Å². The molecule has 0 aliphatic carbocycles. The SMILES string of the molecule is CNC(=O)CN1CCOCC2(CCCN(Cc3ccco3)C2)C1. The summed E-state index contributed by atoms with van der Waals surface area (Å²) in [6.07, 6.45) is 4.05. The molecule has 23 heavy (non-hydrogen) atoms. The van der Waals surface area contributed by atoms with Crippen molar-refractivity contribution in [2.45, 2.75) is 19.4 Å². The van der Waals surface area contributed by atoms with Gasteiger partial charge in [0.15, 0.2) is 0 Å². The standard InChI is InChI=1S/C17H27N3O3/c1-18-16(21)11-20-7-9-22-14-17(13-20)5-3-6-19(12-17)10-15-4-2-8-23-15/h2,4,8H,3,5-7,9-14H2,1H3,(H,18,21). The van der Waals surface area contributed by atoms with Gasteiger partial charge in [0.1, 0.15) is 5.76 Å². The lowest BCUT2D eigenvalue weighted by Crippen LogP contribution is -2.51. The van der Waals surface area contributed by atoms with Gasteiger partial charge in [0, 0.05) is 32.1 Å². The Balaban J connectivity index is 1.64. The minimum Gasteiger partial charge on any atom is -0.468 e. The lowest BCUT2D eigenvalue weighted by Gasteiger charge is -2.43. The molecule has 3 heterocycles. The maximum atomic E-state index is 11.7. The van der Waals surface area contributed by atoms with Gasteiger partial charge in [0.25, 0.3) is 0 Å². The third-order valence-corrected chi connectivity index (χ3v) is 4.87. The van der Waals surface area contributed by atoms with E-state index in [-0.39, 0.29) is 11.3 Å². The summed E-state index contributed by atoms with van der Waals surface area (Å²) in [6, 6.07) is 3.97. The van der Waals surface area contributed by atoms with Crippen LogP contribution in [0.3, 0.4) is 0 Å². The average molecular weight is 321 g/mol. The van der Waals surface area contributed by atoms with Crippen LogP contribution in [0.5, 0.6) is 0 Å². The highest BCUT2D eigenvalue weighted by atomic mass is 16.5. The maximum absolute atomic E-state index is 11.7. The largest absolute Gasteiger partial charge is 0.468 e. The molecule has 1 unspecified atom stereocenters. The van der Waals surface area contributed by atoms with Gasteiger partial charge >= 0.3 is 0 Å². The van der Waals surface area contributed by atoms with Crippen LogP contribution in [-0.4, -0.2) is 68.7 Å². The highest BCUT2D eigenvalue weighted by molar-refractivity contribution is 5.77. The summed E-state index contributed by atoms with van der Waals surface area (Å²) in [5.41, 5.74) is 0.120. The number of furan rings is 1. The first-order valence-electron chi connectivity index (χ1n) is 8.45. The van der Waals surface area contributed by atoms with Crippen LogP contribution >= 0.6 is 0 Å². The normalized spacial score (nSPS) is 27.0. The monoisotopic (exact) mass is 321 g/mol. The molecule has 0 radical (unpaired) electrons. The lowest BCUT2D eigenvalue weighted by molar-refractivity contribution is -0.122. The Morgan fingerprint density at radius 2 is 2.22 bits per heavy atom. The first-order valence-corrected chi connectivity index (χ1v) is 8.45. The third-order valence-electron chi connectivity index (χ3n) is 4.87. The summed E-state index contributed by atoms with van der Waals surface area (Å²) in [5.74, 6) is 1.09. The van der Waals surface area contributed by atoms with Crippen LogP contribution in [0.2, 0.25) is 0 Å². The average Bonchev–Trinajstić information content (AvgIpc) is 2.97. The fourth-order valence-corrected chi connectivity index (χ4v) is 3.81. The van der Waals surface area contributed by atoms with Crippen molar-refractivity contribution < 1.29 is 13.9 Å². The molecule has 1 spiro atoms. The van der Waals surface area contributed by atoms with E-state index in [9.17, 15) is 4.79 Å². The van der Waals surface area contributed by atoms with Crippen molar-refractivity contribution in [3.63, 3.8) is 0 Å². The van der Waals surface area contributed by atoms with Crippen LogP contribution in [-0.2, 0) is 16.1 Å². The molecule has 1 N–H and O–H groups in total. The fourth-order valence-electron chi connectivity index (χ4n) is 3.81. The minimum atomic E-state index is 0.0744. The Hall–Kier alpha value is -1.37. The van der Waals surface area contributed by atoms with Gasteiger partial charge in [-0.25, -0.2) is 0 Å². The second kappa shape index (κ2) is 7.47. The number of carbonyl (C=O) groups excluding carboxylic acids is 1. The molecule has 2 saturated heterocycles. The second-order valence-electron chi connectivity index (χ2n) is 6.83. The van der Waals surface area contributed by atoms with E-state index >= 15 is 0 Å². The van der Waals surface area contributed by atoms with Gasteiger partial charge in [-0.2, -0.15) is 0 Å². The van der Waals surface area contributed by atoms with Crippen LogP contribution in [0.15, 0.2) is 22.8 Å².